The second-order valence-electron chi connectivity index (χ2n) is 8.41. The lowest BCUT2D eigenvalue weighted by Crippen LogP contribution is -2.13. The van der Waals surface area contributed by atoms with E-state index in [2.05, 4.69) is 39.7 Å². The largest absolute Gasteiger partial charge is 0.385 e. The number of hydrogen-bond donors (Lipinski definition) is 1. The van der Waals surface area contributed by atoms with E-state index in [1.165, 1.54) is 5.56 Å². The minimum atomic E-state index is -3.32. The number of aromatic nitrogens is 2. The van der Waals surface area contributed by atoms with E-state index >= 15 is 0 Å². The van der Waals surface area contributed by atoms with Crippen LogP contribution in [0.1, 0.15) is 48.9 Å². The molecule has 0 spiro atoms. The van der Waals surface area contributed by atoms with Crippen molar-refractivity contribution < 1.29 is 13.3 Å². The smallest absolute Gasteiger partial charge is 0.180 e. The minimum Gasteiger partial charge on any atom is -0.385 e. The summed E-state index contributed by atoms with van der Waals surface area (Å²) in [6.45, 7) is 6.07. The minimum absolute atomic E-state index is 0.305. The van der Waals surface area contributed by atoms with Gasteiger partial charge in [0.2, 0.25) is 0 Å². The molecule has 4 rings (SSSR count). The van der Waals surface area contributed by atoms with Gasteiger partial charge in [-0.1, -0.05) is 41.6 Å². The van der Waals surface area contributed by atoms with E-state index in [4.69, 9.17) is 9.82 Å². The third-order valence-electron chi connectivity index (χ3n) is 5.73. The molecule has 1 aromatic heterocycles. The van der Waals surface area contributed by atoms with Crippen LogP contribution in [0.5, 0.6) is 0 Å². The van der Waals surface area contributed by atoms with E-state index in [9.17, 15) is 8.42 Å². The summed E-state index contributed by atoms with van der Waals surface area (Å²) in [5.41, 5.74) is 6.09. The van der Waals surface area contributed by atoms with E-state index < -0.39 is 15.1 Å². The summed E-state index contributed by atoms with van der Waals surface area (Å²) in [6.07, 6.45) is 1.99. The Morgan fingerprint density at radius 1 is 1.06 bits per heavy atom. The molecule has 0 radical (unpaired) electrons. The summed E-state index contributed by atoms with van der Waals surface area (Å²) < 4.78 is 24.8. The lowest BCUT2D eigenvalue weighted by molar-refractivity contribution is 0.0818. The summed E-state index contributed by atoms with van der Waals surface area (Å²) in [6, 6.07) is 15.0. The van der Waals surface area contributed by atoms with Crippen LogP contribution in [0.15, 0.2) is 64.8 Å². The van der Waals surface area contributed by atoms with Crippen molar-refractivity contribution >= 4 is 15.5 Å². The zero-order chi connectivity index (χ0) is 23.6. The highest BCUT2D eigenvalue weighted by Gasteiger charge is 2.27. The van der Waals surface area contributed by atoms with E-state index in [0.717, 1.165) is 34.8 Å². The number of oxime groups is 1. The van der Waals surface area contributed by atoms with Crippen molar-refractivity contribution in [1.29, 1.82) is 0 Å². The zero-order valence-electron chi connectivity index (χ0n) is 19.2. The molecular formula is C25H28N4O3S. The molecule has 2 aromatic carbocycles. The van der Waals surface area contributed by atoms with Gasteiger partial charge in [-0.05, 0) is 51.1 Å². The zero-order valence-corrected chi connectivity index (χ0v) is 20.1. The van der Waals surface area contributed by atoms with E-state index in [-0.39, 0.29) is 6.10 Å². The second kappa shape index (κ2) is 9.41. The van der Waals surface area contributed by atoms with Gasteiger partial charge >= 0.3 is 0 Å². The molecule has 1 N–H and O–H groups in total. The van der Waals surface area contributed by atoms with Crippen molar-refractivity contribution in [3.8, 4) is 11.3 Å². The fourth-order valence-corrected chi connectivity index (χ4v) is 4.77. The Kier molecular flexibility index (Phi) is 6.58. The number of nitrogens with zero attached hydrogens (tertiary/aromatic N) is 3. The molecule has 3 aromatic rings. The van der Waals surface area contributed by atoms with Crippen LogP contribution in [-0.2, 0) is 21.2 Å². The first-order chi connectivity index (χ1) is 15.8. The summed E-state index contributed by atoms with van der Waals surface area (Å²) >= 11 is 0. The fourth-order valence-electron chi connectivity index (χ4n) is 3.71. The molecule has 1 aliphatic rings. The van der Waals surface area contributed by atoms with Gasteiger partial charge in [0.25, 0.3) is 0 Å². The number of hydrogen-bond acceptors (Lipinski definition) is 7. The topological polar surface area (TPSA) is 93.5 Å². The average molecular weight is 465 g/mol. The molecule has 0 amide bonds. The predicted octanol–water partition coefficient (Wildman–Crippen LogP) is 4.22. The summed E-state index contributed by atoms with van der Waals surface area (Å²) in [4.78, 5) is 15.4. The molecule has 2 heterocycles. The maximum Gasteiger partial charge on any atom is 0.180 e. The van der Waals surface area contributed by atoms with Gasteiger partial charge in [-0.3, -0.25) is 4.98 Å². The number of sulfone groups is 1. The first-order valence-corrected chi connectivity index (χ1v) is 12.5. The van der Waals surface area contributed by atoms with Gasteiger partial charge in [-0.25, -0.2) is 13.4 Å². The Labute approximate surface area is 194 Å². The van der Waals surface area contributed by atoms with Crippen LogP contribution in [0.4, 0.5) is 0 Å². The highest BCUT2D eigenvalue weighted by molar-refractivity contribution is 7.92. The van der Waals surface area contributed by atoms with E-state index in [1.807, 2.05) is 14.0 Å². The Balaban J connectivity index is 1.54. The van der Waals surface area contributed by atoms with Crippen LogP contribution in [0.2, 0.25) is 0 Å². The highest BCUT2D eigenvalue weighted by Crippen LogP contribution is 2.31. The van der Waals surface area contributed by atoms with Crippen LogP contribution in [-0.4, -0.2) is 36.4 Å². The predicted molar refractivity (Wildman–Crippen MR) is 129 cm³/mol. The van der Waals surface area contributed by atoms with Crippen molar-refractivity contribution in [1.82, 2.24) is 15.3 Å². The van der Waals surface area contributed by atoms with Gasteiger partial charge in [-0.15, -0.1) is 0 Å². The molecule has 1 aliphatic heterocycles. The molecule has 0 saturated heterocycles. The van der Waals surface area contributed by atoms with Gasteiger partial charge in [-0.2, -0.15) is 0 Å². The van der Waals surface area contributed by atoms with Gasteiger partial charge in [0, 0.05) is 18.5 Å². The lowest BCUT2D eigenvalue weighted by atomic mass is 10.0. The Bertz CT molecular complexity index is 1270. The van der Waals surface area contributed by atoms with Gasteiger partial charge in [0.15, 0.2) is 15.9 Å². The Morgan fingerprint density at radius 2 is 1.73 bits per heavy atom. The first-order valence-electron chi connectivity index (χ1n) is 10.9. The molecule has 172 valence electrons. The van der Waals surface area contributed by atoms with Gasteiger partial charge in [0.05, 0.1) is 33.4 Å². The molecule has 0 saturated carbocycles. The molecule has 1 atom stereocenters. The highest BCUT2D eigenvalue weighted by atomic mass is 32.2. The summed E-state index contributed by atoms with van der Waals surface area (Å²) in [5, 5.41) is 6.98. The van der Waals surface area contributed by atoms with Crippen LogP contribution >= 0.6 is 0 Å². The fraction of sp³-hybridized carbons (Fsp3) is 0.320. The van der Waals surface area contributed by atoms with Crippen molar-refractivity contribution in [2.75, 3.05) is 7.05 Å². The Hall–Kier alpha value is -3.10. The first kappa shape index (κ1) is 23.1. The van der Waals surface area contributed by atoms with Gasteiger partial charge < -0.3 is 10.2 Å². The second-order valence-corrected chi connectivity index (χ2v) is 10.9. The molecular weight excluding hydrogens is 436 g/mol. The Morgan fingerprint density at radius 3 is 2.36 bits per heavy atom. The molecule has 33 heavy (non-hydrogen) atoms. The normalized spacial score (nSPS) is 16.0. The third kappa shape index (κ3) is 4.82. The summed E-state index contributed by atoms with van der Waals surface area (Å²) in [7, 11) is -1.39. The van der Waals surface area contributed by atoms with Crippen molar-refractivity contribution in [2.24, 2.45) is 5.16 Å². The quantitative estimate of drug-likeness (QED) is 0.563. The lowest BCUT2D eigenvalue weighted by Gasteiger charge is -2.13. The molecule has 0 bridgehead atoms. The molecule has 7 nitrogen and oxygen atoms in total. The van der Waals surface area contributed by atoms with Crippen molar-refractivity contribution in [3.63, 3.8) is 0 Å². The maximum atomic E-state index is 12.4. The van der Waals surface area contributed by atoms with Crippen LogP contribution < -0.4 is 5.32 Å². The maximum absolute atomic E-state index is 12.4. The average Bonchev–Trinajstić information content (AvgIpc) is 3.30. The van der Waals surface area contributed by atoms with Crippen molar-refractivity contribution in [2.45, 2.75) is 50.0 Å². The van der Waals surface area contributed by atoms with Crippen LogP contribution in [0, 0.1) is 6.92 Å². The van der Waals surface area contributed by atoms with E-state index in [0.29, 0.717) is 17.0 Å². The molecule has 0 fully saturated rings. The third-order valence-corrected chi connectivity index (χ3v) is 7.90. The SMILES string of the molecule is CNCc1ccc(C2=NOC(c3nc(-c4ccc(S(=O)(=O)C(C)C)cc4)cnc3C)C2)cc1. The van der Waals surface area contributed by atoms with Crippen molar-refractivity contribution in [3.05, 3.63) is 77.2 Å². The van der Waals surface area contributed by atoms with Crippen LogP contribution in [0.25, 0.3) is 11.3 Å². The summed E-state index contributed by atoms with van der Waals surface area (Å²) in [5.74, 6) is 0. The molecule has 0 aliphatic carbocycles. The van der Waals surface area contributed by atoms with Gasteiger partial charge in [0.1, 0.15) is 5.69 Å². The number of benzene rings is 2. The van der Waals surface area contributed by atoms with E-state index in [1.54, 1.807) is 44.3 Å². The van der Waals surface area contributed by atoms with Crippen LogP contribution in [0.3, 0.4) is 0 Å². The standard InChI is InChI=1S/C25H28N4O3S/c1-16(2)33(30,31)21-11-9-20(10-12-21)23-15-27-17(3)25(28-23)24-13-22(29-32-24)19-7-5-18(6-8-19)14-26-4/h5-12,15-16,24,26H,13-14H2,1-4H3. The molecule has 8 heteroatoms. The number of rotatable bonds is 7. The monoisotopic (exact) mass is 464 g/mol. The number of nitrogens with one attached hydrogen (secondary N) is 1. The number of aryl methyl sites for hydroxylation is 1. The molecule has 1 unspecified atom stereocenters.